The average molecular weight is 287 g/mol. The second-order valence-electron chi connectivity index (χ2n) is 4.52. The van der Waals surface area contributed by atoms with Gasteiger partial charge in [-0.25, -0.2) is 4.68 Å². The molecule has 0 aliphatic rings. The summed E-state index contributed by atoms with van der Waals surface area (Å²) in [4.78, 5) is 0. The summed E-state index contributed by atoms with van der Waals surface area (Å²) in [6, 6.07) is 0. The van der Waals surface area contributed by atoms with Crippen LogP contribution in [0.25, 0.3) is 0 Å². The zero-order valence-corrected chi connectivity index (χ0v) is 13.2. The Balaban J connectivity index is 2.61. The first kappa shape index (κ1) is 16.4. The number of methoxy groups -OCH3 is 1. The quantitative estimate of drug-likeness (QED) is 0.655. The highest BCUT2D eigenvalue weighted by Gasteiger charge is 2.27. The number of aromatic nitrogens is 4. The summed E-state index contributed by atoms with van der Waals surface area (Å²) in [5, 5.41) is 15.3. The molecule has 0 aliphatic heterocycles. The molecule has 0 amide bonds. The van der Waals surface area contributed by atoms with E-state index in [-0.39, 0.29) is 4.75 Å². The standard InChI is InChI=1S/C12H25N5OS/c1-5-12(6-2,19-4)10-17-11(14-15-16-17)9-13-7-8-18-3/h13H,5-10H2,1-4H3. The van der Waals surface area contributed by atoms with Crippen LogP contribution in [0.15, 0.2) is 0 Å². The summed E-state index contributed by atoms with van der Waals surface area (Å²) in [5.41, 5.74) is 0. The van der Waals surface area contributed by atoms with E-state index in [1.54, 1.807) is 7.11 Å². The van der Waals surface area contributed by atoms with Gasteiger partial charge in [-0.05, 0) is 29.5 Å². The molecule has 1 rings (SSSR count). The first-order valence-corrected chi connectivity index (χ1v) is 7.93. The molecule has 0 saturated heterocycles. The number of thioether (sulfide) groups is 1. The van der Waals surface area contributed by atoms with Crippen LogP contribution in [-0.2, 0) is 17.8 Å². The molecule has 0 bridgehead atoms. The minimum Gasteiger partial charge on any atom is -0.383 e. The number of hydrogen-bond acceptors (Lipinski definition) is 6. The smallest absolute Gasteiger partial charge is 0.165 e. The maximum absolute atomic E-state index is 5.00. The van der Waals surface area contributed by atoms with E-state index in [1.807, 2.05) is 16.4 Å². The Labute approximate surface area is 119 Å². The molecule has 0 aromatic carbocycles. The van der Waals surface area contributed by atoms with Crippen LogP contribution in [0.2, 0.25) is 0 Å². The maximum Gasteiger partial charge on any atom is 0.165 e. The molecule has 0 atom stereocenters. The third-order valence-electron chi connectivity index (χ3n) is 3.53. The van der Waals surface area contributed by atoms with Crippen LogP contribution in [0.3, 0.4) is 0 Å². The number of hydrogen-bond donors (Lipinski definition) is 1. The molecule has 0 spiro atoms. The highest BCUT2D eigenvalue weighted by Crippen LogP contribution is 2.32. The van der Waals surface area contributed by atoms with Crippen molar-refractivity contribution >= 4 is 11.8 Å². The molecular formula is C12H25N5OS. The van der Waals surface area contributed by atoms with Gasteiger partial charge in [-0.2, -0.15) is 11.8 Å². The van der Waals surface area contributed by atoms with E-state index in [0.29, 0.717) is 13.2 Å². The van der Waals surface area contributed by atoms with E-state index in [9.17, 15) is 0 Å². The fraction of sp³-hybridized carbons (Fsp3) is 0.917. The highest BCUT2D eigenvalue weighted by molar-refractivity contribution is 8.00. The zero-order valence-electron chi connectivity index (χ0n) is 12.3. The third-order valence-corrected chi connectivity index (χ3v) is 5.10. The Hall–Kier alpha value is -0.660. The van der Waals surface area contributed by atoms with Gasteiger partial charge in [0.15, 0.2) is 5.82 Å². The minimum atomic E-state index is 0.219. The predicted molar refractivity (Wildman–Crippen MR) is 78.2 cm³/mol. The van der Waals surface area contributed by atoms with Gasteiger partial charge in [-0.3, -0.25) is 0 Å². The van der Waals surface area contributed by atoms with Crippen molar-refractivity contribution < 1.29 is 4.74 Å². The van der Waals surface area contributed by atoms with Gasteiger partial charge < -0.3 is 10.1 Å². The van der Waals surface area contributed by atoms with Gasteiger partial charge in [0.1, 0.15) is 0 Å². The third kappa shape index (κ3) is 4.74. The fourth-order valence-electron chi connectivity index (χ4n) is 1.95. The summed E-state index contributed by atoms with van der Waals surface area (Å²) in [5.74, 6) is 0.886. The van der Waals surface area contributed by atoms with Crippen molar-refractivity contribution in [3.8, 4) is 0 Å². The molecule has 0 aliphatic carbocycles. The molecule has 1 aromatic rings. The van der Waals surface area contributed by atoms with Gasteiger partial charge in [0.2, 0.25) is 0 Å². The predicted octanol–water partition coefficient (Wildman–Crippen LogP) is 1.33. The maximum atomic E-state index is 5.00. The van der Waals surface area contributed by atoms with Crippen molar-refractivity contribution in [1.82, 2.24) is 25.5 Å². The Bertz CT molecular complexity index is 345. The van der Waals surface area contributed by atoms with E-state index in [1.165, 1.54) is 0 Å². The topological polar surface area (TPSA) is 64.9 Å². The summed E-state index contributed by atoms with van der Waals surface area (Å²) in [6.45, 7) is 7.48. The van der Waals surface area contributed by atoms with E-state index in [0.717, 1.165) is 31.8 Å². The number of ether oxygens (including phenoxy) is 1. The van der Waals surface area contributed by atoms with Crippen molar-refractivity contribution in [2.75, 3.05) is 26.5 Å². The van der Waals surface area contributed by atoms with Crippen molar-refractivity contribution in [3.63, 3.8) is 0 Å². The average Bonchev–Trinajstić information content (AvgIpc) is 2.88. The second kappa shape index (κ2) is 8.50. The van der Waals surface area contributed by atoms with Gasteiger partial charge in [0.25, 0.3) is 0 Å². The highest BCUT2D eigenvalue weighted by atomic mass is 32.2. The largest absolute Gasteiger partial charge is 0.383 e. The van der Waals surface area contributed by atoms with Gasteiger partial charge in [0, 0.05) is 18.4 Å². The lowest BCUT2D eigenvalue weighted by Crippen LogP contribution is -2.31. The molecule has 0 radical (unpaired) electrons. The summed E-state index contributed by atoms with van der Waals surface area (Å²) in [7, 11) is 1.70. The van der Waals surface area contributed by atoms with Crippen molar-refractivity contribution in [3.05, 3.63) is 5.82 Å². The van der Waals surface area contributed by atoms with Crippen LogP contribution in [0.5, 0.6) is 0 Å². The molecule has 7 heteroatoms. The van der Waals surface area contributed by atoms with Crippen LogP contribution >= 0.6 is 11.8 Å². The van der Waals surface area contributed by atoms with Crippen LogP contribution in [0, 0.1) is 0 Å². The van der Waals surface area contributed by atoms with Crippen molar-refractivity contribution in [1.29, 1.82) is 0 Å². The van der Waals surface area contributed by atoms with Crippen LogP contribution < -0.4 is 5.32 Å². The SMILES string of the molecule is CCC(CC)(Cn1nnnc1CNCCOC)SC. The first-order chi connectivity index (χ1) is 9.21. The van der Waals surface area contributed by atoms with Crippen LogP contribution in [0.1, 0.15) is 32.5 Å². The summed E-state index contributed by atoms with van der Waals surface area (Å²) in [6.07, 6.45) is 4.38. The Morgan fingerprint density at radius 1 is 1.37 bits per heavy atom. The lowest BCUT2D eigenvalue weighted by atomic mass is 10.0. The van der Waals surface area contributed by atoms with E-state index in [2.05, 4.69) is 40.9 Å². The fourth-order valence-corrected chi connectivity index (χ4v) is 2.78. The summed E-state index contributed by atoms with van der Waals surface area (Å²) >= 11 is 1.90. The van der Waals surface area contributed by atoms with E-state index >= 15 is 0 Å². The van der Waals surface area contributed by atoms with Gasteiger partial charge in [0.05, 0.1) is 19.7 Å². The van der Waals surface area contributed by atoms with Crippen LogP contribution in [-0.4, -0.2) is 51.5 Å². The van der Waals surface area contributed by atoms with Crippen LogP contribution in [0.4, 0.5) is 0 Å². The molecule has 110 valence electrons. The molecule has 6 nitrogen and oxygen atoms in total. The molecule has 0 saturated carbocycles. The lowest BCUT2D eigenvalue weighted by Gasteiger charge is -2.29. The Kier molecular flexibility index (Phi) is 7.33. The van der Waals surface area contributed by atoms with Crippen molar-refractivity contribution in [2.24, 2.45) is 0 Å². The molecule has 1 heterocycles. The number of nitrogens with one attached hydrogen (secondary N) is 1. The number of nitrogens with zero attached hydrogens (tertiary/aromatic N) is 4. The number of rotatable bonds is 10. The molecule has 19 heavy (non-hydrogen) atoms. The lowest BCUT2D eigenvalue weighted by molar-refractivity contribution is 0.198. The molecular weight excluding hydrogens is 262 g/mol. The normalized spacial score (nSPS) is 12.0. The van der Waals surface area contributed by atoms with Gasteiger partial charge in [-0.15, -0.1) is 5.10 Å². The molecule has 1 aromatic heterocycles. The van der Waals surface area contributed by atoms with E-state index < -0.39 is 0 Å². The Morgan fingerprint density at radius 3 is 2.68 bits per heavy atom. The first-order valence-electron chi connectivity index (χ1n) is 6.71. The Morgan fingerprint density at radius 2 is 2.11 bits per heavy atom. The minimum absolute atomic E-state index is 0.219. The monoisotopic (exact) mass is 287 g/mol. The molecule has 1 N–H and O–H groups in total. The van der Waals surface area contributed by atoms with Gasteiger partial charge in [-0.1, -0.05) is 13.8 Å². The summed E-state index contributed by atoms with van der Waals surface area (Å²) < 4.78 is 7.14. The second-order valence-corrected chi connectivity index (χ2v) is 5.79. The van der Waals surface area contributed by atoms with Gasteiger partial charge >= 0.3 is 0 Å². The molecule has 0 unspecified atom stereocenters. The zero-order chi connectivity index (χ0) is 14.1. The van der Waals surface area contributed by atoms with E-state index in [4.69, 9.17) is 4.74 Å². The van der Waals surface area contributed by atoms with Crippen molar-refractivity contribution in [2.45, 2.75) is 44.5 Å². The number of tetrazole rings is 1. The molecule has 0 fully saturated rings.